The number of carbonyl (C=O) groups excluding carboxylic acids is 1. The number of benzene rings is 1. The third kappa shape index (κ3) is 5.42. The quantitative estimate of drug-likeness (QED) is 0.687. The van der Waals surface area contributed by atoms with Gasteiger partial charge >= 0.3 is 0 Å². The molecule has 0 aliphatic carbocycles. The average molecular weight is 401 g/mol. The summed E-state index contributed by atoms with van der Waals surface area (Å²) in [5.74, 6) is -0.329. The first-order valence-corrected chi connectivity index (χ1v) is 10.2. The first-order valence-electron chi connectivity index (χ1n) is 8.36. The van der Waals surface area contributed by atoms with Gasteiger partial charge in [-0.1, -0.05) is 25.4 Å². The molecule has 0 aromatic heterocycles. The molecule has 0 aliphatic rings. The first-order chi connectivity index (χ1) is 12.2. The molecule has 144 valence electrons. The molecule has 0 bridgehead atoms. The van der Waals surface area contributed by atoms with Crippen molar-refractivity contribution < 1.29 is 13.2 Å². The lowest BCUT2D eigenvalue weighted by molar-refractivity contribution is -0.120. The topological polar surface area (TPSA) is 93.5 Å². The number of amides is 1. The minimum Gasteiger partial charge on any atom is -0.323 e. The van der Waals surface area contributed by atoms with E-state index in [-0.39, 0.29) is 21.5 Å². The Bertz CT molecular complexity index is 773. The predicted octanol–water partition coefficient (Wildman–Crippen LogP) is 2.54. The summed E-state index contributed by atoms with van der Waals surface area (Å²) in [5, 5.41) is 11.6. The van der Waals surface area contributed by atoms with Crippen molar-refractivity contribution in [2.24, 2.45) is 0 Å². The van der Waals surface area contributed by atoms with Crippen molar-refractivity contribution in [3.05, 3.63) is 23.2 Å². The molecule has 0 radical (unpaired) electrons. The van der Waals surface area contributed by atoms with E-state index in [1.54, 1.807) is 32.7 Å². The molecular formula is C17H25ClN4O3S. The fourth-order valence-electron chi connectivity index (χ4n) is 2.33. The van der Waals surface area contributed by atoms with Crippen LogP contribution in [0.4, 0.5) is 5.69 Å². The lowest BCUT2D eigenvalue weighted by Crippen LogP contribution is -2.40. The number of carbonyl (C=O) groups is 1. The third-order valence-electron chi connectivity index (χ3n) is 4.16. The van der Waals surface area contributed by atoms with Crippen molar-refractivity contribution in [3.8, 4) is 6.07 Å². The van der Waals surface area contributed by atoms with Crippen molar-refractivity contribution in [2.45, 2.75) is 38.1 Å². The molecule has 0 saturated heterocycles. The zero-order valence-corrected chi connectivity index (χ0v) is 17.1. The Morgan fingerprint density at radius 1 is 1.35 bits per heavy atom. The molecule has 1 N–H and O–H groups in total. The second-order valence-corrected chi connectivity index (χ2v) is 8.13. The van der Waals surface area contributed by atoms with E-state index >= 15 is 0 Å². The molecule has 1 aromatic carbocycles. The highest BCUT2D eigenvalue weighted by Gasteiger charge is 2.24. The molecule has 7 nitrogen and oxygen atoms in total. The maximum atomic E-state index is 12.6. The monoisotopic (exact) mass is 400 g/mol. The number of nitrogens with zero attached hydrogens (tertiary/aromatic N) is 3. The number of halogens is 1. The normalized spacial score (nSPS) is 12.8. The van der Waals surface area contributed by atoms with Crippen LogP contribution < -0.4 is 5.32 Å². The lowest BCUT2D eigenvalue weighted by atomic mass is 10.2. The highest BCUT2D eigenvalue weighted by atomic mass is 35.5. The van der Waals surface area contributed by atoms with E-state index < -0.39 is 16.1 Å². The summed E-state index contributed by atoms with van der Waals surface area (Å²) >= 11 is 6.13. The molecule has 9 heteroatoms. The van der Waals surface area contributed by atoms with Gasteiger partial charge in [-0.25, -0.2) is 8.42 Å². The number of nitriles is 1. The van der Waals surface area contributed by atoms with Gasteiger partial charge in [0.25, 0.3) is 0 Å². The van der Waals surface area contributed by atoms with Crippen LogP contribution in [-0.4, -0.2) is 56.3 Å². The van der Waals surface area contributed by atoms with Gasteiger partial charge in [0.2, 0.25) is 15.9 Å². The third-order valence-corrected chi connectivity index (χ3v) is 6.53. The Hall–Kier alpha value is -1.66. The maximum absolute atomic E-state index is 12.6. The van der Waals surface area contributed by atoms with Gasteiger partial charge < -0.3 is 5.32 Å². The van der Waals surface area contributed by atoms with Crippen LogP contribution in [0.2, 0.25) is 5.02 Å². The van der Waals surface area contributed by atoms with E-state index in [0.29, 0.717) is 26.1 Å². The summed E-state index contributed by atoms with van der Waals surface area (Å²) in [5.41, 5.74) is 0.241. The molecule has 1 amide bonds. The van der Waals surface area contributed by atoms with Crippen LogP contribution >= 0.6 is 11.6 Å². The molecule has 0 fully saturated rings. The molecule has 1 unspecified atom stereocenters. The van der Waals surface area contributed by atoms with Crippen LogP contribution in [-0.2, 0) is 14.8 Å². The number of hydrogen-bond donors (Lipinski definition) is 1. The summed E-state index contributed by atoms with van der Waals surface area (Å²) in [7, 11) is -1.91. The Kier molecular flexibility index (Phi) is 8.50. The summed E-state index contributed by atoms with van der Waals surface area (Å²) in [6.45, 7) is 6.39. The van der Waals surface area contributed by atoms with Gasteiger partial charge in [-0.05, 0) is 32.2 Å². The average Bonchev–Trinajstić information content (AvgIpc) is 2.61. The van der Waals surface area contributed by atoms with Crippen molar-refractivity contribution >= 4 is 33.2 Å². The first kappa shape index (κ1) is 22.4. The van der Waals surface area contributed by atoms with Crippen LogP contribution in [0.25, 0.3) is 0 Å². The highest BCUT2D eigenvalue weighted by Crippen LogP contribution is 2.27. The van der Waals surface area contributed by atoms with Crippen molar-refractivity contribution in [1.82, 2.24) is 9.21 Å². The fourth-order valence-corrected chi connectivity index (χ4v) is 3.98. The van der Waals surface area contributed by atoms with Crippen molar-refractivity contribution in [1.29, 1.82) is 5.26 Å². The lowest BCUT2D eigenvalue weighted by Gasteiger charge is -2.23. The van der Waals surface area contributed by atoms with Gasteiger partial charge in [0.05, 0.1) is 27.7 Å². The zero-order chi connectivity index (χ0) is 19.9. The molecule has 0 spiro atoms. The van der Waals surface area contributed by atoms with Gasteiger partial charge in [-0.3, -0.25) is 9.69 Å². The second kappa shape index (κ2) is 9.88. The zero-order valence-electron chi connectivity index (χ0n) is 15.5. The molecule has 0 aliphatic heterocycles. The van der Waals surface area contributed by atoms with Crippen LogP contribution in [0.1, 0.15) is 27.2 Å². The molecule has 1 rings (SSSR count). The molecule has 0 saturated carbocycles. The molecular weight excluding hydrogens is 376 g/mol. The minimum atomic E-state index is -3.65. The minimum absolute atomic E-state index is 0.0754. The summed E-state index contributed by atoms with van der Waals surface area (Å²) in [4.78, 5) is 14.2. The SMILES string of the molecule is CCN(CC)S(=O)(=O)c1ccc(Cl)c(NC(=O)C(C)N(C)CCC#N)c1. The van der Waals surface area contributed by atoms with Crippen LogP contribution in [0.15, 0.2) is 23.1 Å². The standard InChI is InChI=1S/C17H25ClN4O3S/c1-5-22(6-2)26(24,25)14-8-9-15(18)16(12-14)20-17(23)13(3)21(4)11-7-10-19/h8-9,12-13H,5-7,11H2,1-4H3,(H,20,23). The van der Waals surface area contributed by atoms with Gasteiger partial charge in [0.15, 0.2) is 0 Å². The smallest absolute Gasteiger partial charge is 0.243 e. The molecule has 1 aromatic rings. The van der Waals surface area contributed by atoms with E-state index in [0.717, 1.165) is 0 Å². The van der Waals surface area contributed by atoms with Gasteiger partial charge in [-0.2, -0.15) is 9.57 Å². The number of hydrogen-bond acceptors (Lipinski definition) is 5. The highest BCUT2D eigenvalue weighted by molar-refractivity contribution is 7.89. The number of rotatable bonds is 9. The van der Waals surface area contributed by atoms with E-state index in [4.69, 9.17) is 16.9 Å². The van der Waals surface area contributed by atoms with E-state index in [9.17, 15) is 13.2 Å². The summed E-state index contributed by atoms with van der Waals surface area (Å²) in [6.07, 6.45) is 0.312. The van der Waals surface area contributed by atoms with Crippen LogP contribution in [0.5, 0.6) is 0 Å². The van der Waals surface area contributed by atoms with E-state index in [1.165, 1.54) is 22.5 Å². The van der Waals surface area contributed by atoms with Gasteiger partial charge in [0, 0.05) is 26.1 Å². The Morgan fingerprint density at radius 3 is 2.50 bits per heavy atom. The largest absolute Gasteiger partial charge is 0.323 e. The summed E-state index contributed by atoms with van der Waals surface area (Å²) < 4.78 is 26.6. The van der Waals surface area contributed by atoms with Crippen molar-refractivity contribution in [3.63, 3.8) is 0 Å². The Morgan fingerprint density at radius 2 is 1.96 bits per heavy atom. The fraction of sp³-hybridized carbons (Fsp3) is 0.529. The molecule has 26 heavy (non-hydrogen) atoms. The number of anilines is 1. The number of sulfonamides is 1. The van der Waals surface area contributed by atoms with E-state index in [1.807, 2.05) is 6.07 Å². The van der Waals surface area contributed by atoms with Crippen LogP contribution in [0.3, 0.4) is 0 Å². The molecule has 0 heterocycles. The predicted molar refractivity (Wildman–Crippen MR) is 103 cm³/mol. The van der Waals surface area contributed by atoms with Gasteiger partial charge in [-0.15, -0.1) is 0 Å². The Balaban J connectivity index is 3.05. The van der Waals surface area contributed by atoms with Crippen LogP contribution in [0, 0.1) is 11.3 Å². The molecule has 1 atom stereocenters. The summed E-state index contributed by atoms with van der Waals surface area (Å²) in [6, 6.07) is 5.78. The number of nitrogens with one attached hydrogen (secondary N) is 1. The van der Waals surface area contributed by atoms with E-state index in [2.05, 4.69) is 5.32 Å². The maximum Gasteiger partial charge on any atom is 0.243 e. The van der Waals surface area contributed by atoms with Crippen molar-refractivity contribution in [2.75, 3.05) is 32.0 Å². The van der Waals surface area contributed by atoms with Gasteiger partial charge in [0.1, 0.15) is 0 Å². The Labute approximate surface area is 160 Å². The number of likely N-dealkylation sites (N-methyl/N-ethyl adjacent to an activating group) is 1. The second-order valence-electron chi connectivity index (χ2n) is 5.78.